The number of hydrogen-bond donors (Lipinski definition) is 1. The van der Waals surface area contributed by atoms with E-state index in [2.05, 4.69) is 10.3 Å². The highest BCUT2D eigenvalue weighted by molar-refractivity contribution is 6.35. The molecule has 1 N–H and O–H groups in total. The second-order valence-corrected chi connectivity index (χ2v) is 5.27. The largest absolute Gasteiger partial charge is 0.387 e. The number of pyridine rings is 1. The lowest BCUT2D eigenvalue weighted by Crippen LogP contribution is -1.99. The van der Waals surface area contributed by atoms with Crippen LogP contribution in [0.3, 0.4) is 0 Å². The zero-order chi connectivity index (χ0) is 15.0. The minimum atomic E-state index is -0.363. The third-order valence-electron chi connectivity index (χ3n) is 3.55. The van der Waals surface area contributed by atoms with Crippen molar-refractivity contribution in [3.8, 4) is 11.3 Å². The number of anilines is 1. The van der Waals surface area contributed by atoms with Crippen molar-refractivity contribution in [3.05, 3.63) is 58.9 Å². The molecule has 1 heterocycles. The fourth-order valence-corrected chi connectivity index (χ4v) is 2.83. The number of hydrogen-bond acceptors (Lipinski definition) is 2. The van der Waals surface area contributed by atoms with Crippen LogP contribution in [0.4, 0.5) is 10.1 Å². The van der Waals surface area contributed by atoms with Gasteiger partial charge in [0.2, 0.25) is 0 Å². The molecule has 2 nitrogen and oxygen atoms in total. The molecule has 0 bridgehead atoms. The van der Waals surface area contributed by atoms with Gasteiger partial charge < -0.3 is 5.32 Å². The van der Waals surface area contributed by atoms with Crippen LogP contribution in [0.25, 0.3) is 22.2 Å². The van der Waals surface area contributed by atoms with Gasteiger partial charge >= 0.3 is 0 Å². The molecule has 0 atom stereocenters. The highest BCUT2D eigenvalue weighted by Gasteiger charge is 2.15. The van der Waals surface area contributed by atoms with Crippen LogP contribution in [-0.4, -0.2) is 12.0 Å². The van der Waals surface area contributed by atoms with Crippen molar-refractivity contribution in [1.82, 2.24) is 4.98 Å². The van der Waals surface area contributed by atoms with Gasteiger partial charge in [-0.05, 0) is 24.6 Å². The maximum Gasteiger partial charge on any atom is 0.125 e. The second-order valence-electron chi connectivity index (χ2n) is 4.86. The van der Waals surface area contributed by atoms with Gasteiger partial charge in [-0.15, -0.1) is 0 Å². The van der Waals surface area contributed by atoms with Gasteiger partial charge in [-0.3, -0.25) is 0 Å². The van der Waals surface area contributed by atoms with E-state index in [0.29, 0.717) is 15.9 Å². The fourth-order valence-electron chi connectivity index (χ4n) is 2.59. The number of fused-ring (bicyclic) bond motifs is 1. The first-order valence-electron chi connectivity index (χ1n) is 6.64. The Balaban J connectivity index is 2.41. The first-order chi connectivity index (χ1) is 10.1. The van der Waals surface area contributed by atoms with E-state index >= 15 is 0 Å². The Bertz CT molecular complexity index is 816. The van der Waals surface area contributed by atoms with Crippen molar-refractivity contribution in [1.29, 1.82) is 0 Å². The summed E-state index contributed by atoms with van der Waals surface area (Å²) in [5.41, 5.74) is 4.28. The number of halogens is 2. The van der Waals surface area contributed by atoms with E-state index in [1.807, 2.05) is 44.3 Å². The molecule has 0 aliphatic heterocycles. The Morgan fingerprint density at radius 2 is 1.86 bits per heavy atom. The monoisotopic (exact) mass is 300 g/mol. The van der Waals surface area contributed by atoms with Gasteiger partial charge in [0.05, 0.1) is 16.2 Å². The molecular formula is C17H14ClFN2. The lowest BCUT2D eigenvalue weighted by atomic mass is 10.0. The van der Waals surface area contributed by atoms with Crippen LogP contribution < -0.4 is 5.32 Å². The molecule has 0 saturated carbocycles. The molecular weight excluding hydrogens is 287 g/mol. The summed E-state index contributed by atoms with van der Waals surface area (Å²) in [7, 11) is 1.81. The normalized spacial score (nSPS) is 10.9. The van der Waals surface area contributed by atoms with Crippen LogP contribution in [0, 0.1) is 12.7 Å². The Labute approximate surface area is 127 Å². The topological polar surface area (TPSA) is 24.9 Å². The average molecular weight is 301 g/mol. The Morgan fingerprint density at radius 3 is 2.52 bits per heavy atom. The van der Waals surface area contributed by atoms with Crippen molar-refractivity contribution >= 4 is 28.2 Å². The summed E-state index contributed by atoms with van der Waals surface area (Å²) in [6, 6.07) is 12.6. The van der Waals surface area contributed by atoms with E-state index in [-0.39, 0.29) is 5.82 Å². The Morgan fingerprint density at radius 1 is 1.14 bits per heavy atom. The standard InChI is InChI=1S/C17H14ClFN2/c1-10-15(11-6-4-3-5-7-11)21-17-13(16(10)20-2)8-12(19)9-14(17)18/h3-9H,1-2H3,(H,20,21). The summed E-state index contributed by atoms with van der Waals surface area (Å²) in [5, 5.41) is 4.15. The van der Waals surface area contributed by atoms with Crippen LogP contribution in [0.5, 0.6) is 0 Å². The van der Waals surface area contributed by atoms with Crippen molar-refractivity contribution in [3.63, 3.8) is 0 Å². The molecule has 2 aromatic carbocycles. The SMILES string of the molecule is CNc1c(C)c(-c2ccccc2)nc2c(Cl)cc(F)cc12. The van der Waals surface area contributed by atoms with Gasteiger partial charge in [-0.25, -0.2) is 9.37 Å². The summed E-state index contributed by atoms with van der Waals surface area (Å²) in [4.78, 5) is 4.66. The summed E-state index contributed by atoms with van der Waals surface area (Å²) in [6.45, 7) is 1.97. The second kappa shape index (κ2) is 5.34. The van der Waals surface area contributed by atoms with E-state index in [1.165, 1.54) is 12.1 Å². The van der Waals surface area contributed by atoms with E-state index in [0.717, 1.165) is 22.5 Å². The smallest absolute Gasteiger partial charge is 0.125 e. The minimum absolute atomic E-state index is 0.318. The summed E-state index contributed by atoms with van der Waals surface area (Å²) in [6.07, 6.45) is 0. The highest BCUT2D eigenvalue weighted by Crippen LogP contribution is 2.36. The predicted octanol–water partition coefficient (Wildman–Crippen LogP) is 5.04. The molecule has 1 aromatic heterocycles. The molecule has 0 aliphatic rings. The molecule has 0 saturated heterocycles. The van der Waals surface area contributed by atoms with Crippen LogP contribution >= 0.6 is 11.6 Å². The lowest BCUT2D eigenvalue weighted by molar-refractivity contribution is 0.629. The van der Waals surface area contributed by atoms with Gasteiger partial charge in [-0.2, -0.15) is 0 Å². The van der Waals surface area contributed by atoms with E-state index in [4.69, 9.17) is 11.6 Å². The third kappa shape index (κ3) is 2.34. The molecule has 4 heteroatoms. The summed E-state index contributed by atoms with van der Waals surface area (Å²) >= 11 is 6.17. The van der Waals surface area contributed by atoms with Crippen molar-refractivity contribution < 1.29 is 4.39 Å². The molecule has 3 aromatic rings. The fraction of sp³-hybridized carbons (Fsp3) is 0.118. The molecule has 0 unspecified atom stereocenters. The maximum absolute atomic E-state index is 13.6. The predicted molar refractivity (Wildman–Crippen MR) is 86.4 cm³/mol. The lowest BCUT2D eigenvalue weighted by Gasteiger charge is -2.15. The van der Waals surface area contributed by atoms with Gasteiger partial charge in [0.15, 0.2) is 0 Å². The molecule has 0 spiro atoms. The maximum atomic E-state index is 13.6. The molecule has 3 rings (SSSR count). The van der Waals surface area contributed by atoms with Crippen molar-refractivity contribution in [2.45, 2.75) is 6.92 Å². The first kappa shape index (κ1) is 13.8. The van der Waals surface area contributed by atoms with Crippen LogP contribution in [0.2, 0.25) is 5.02 Å². The van der Waals surface area contributed by atoms with E-state index < -0.39 is 0 Å². The Hall–Kier alpha value is -2.13. The van der Waals surface area contributed by atoms with Crippen LogP contribution in [0.15, 0.2) is 42.5 Å². The van der Waals surface area contributed by atoms with Gasteiger partial charge in [0.25, 0.3) is 0 Å². The van der Waals surface area contributed by atoms with Gasteiger partial charge in [0, 0.05) is 23.7 Å². The third-order valence-corrected chi connectivity index (χ3v) is 3.84. The Kier molecular flexibility index (Phi) is 3.52. The first-order valence-corrected chi connectivity index (χ1v) is 7.02. The quantitative estimate of drug-likeness (QED) is 0.717. The number of nitrogens with one attached hydrogen (secondary N) is 1. The molecule has 0 fully saturated rings. The summed E-state index contributed by atoms with van der Waals surface area (Å²) in [5.74, 6) is -0.363. The van der Waals surface area contributed by atoms with Crippen LogP contribution in [-0.2, 0) is 0 Å². The zero-order valence-corrected chi connectivity index (χ0v) is 12.5. The molecule has 106 valence electrons. The van der Waals surface area contributed by atoms with Gasteiger partial charge in [0.1, 0.15) is 5.82 Å². The number of rotatable bonds is 2. The number of benzene rings is 2. The molecule has 21 heavy (non-hydrogen) atoms. The van der Waals surface area contributed by atoms with Crippen molar-refractivity contribution in [2.24, 2.45) is 0 Å². The van der Waals surface area contributed by atoms with Gasteiger partial charge in [-0.1, -0.05) is 41.9 Å². The number of nitrogens with zero attached hydrogens (tertiary/aromatic N) is 1. The minimum Gasteiger partial charge on any atom is -0.387 e. The zero-order valence-electron chi connectivity index (χ0n) is 11.7. The average Bonchev–Trinajstić information content (AvgIpc) is 2.47. The number of aromatic nitrogens is 1. The van der Waals surface area contributed by atoms with Crippen molar-refractivity contribution in [2.75, 3.05) is 12.4 Å². The highest BCUT2D eigenvalue weighted by atomic mass is 35.5. The molecule has 0 aliphatic carbocycles. The van der Waals surface area contributed by atoms with Crippen LogP contribution in [0.1, 0.15) is 5.56 Å². The van der Waals surface area contributed by atoms with E-state index in [1.54, 1.807) is 0 Å². The molecule has 0 radical (unpaired) electrons. The molecule has 0 amide bonds. The summed E-state index contributed by atoms with van der Waals surface area (Å²) < 4.78 is 13.6. The van der Waals surface area contributed by atoms with E-state index in [9.17, 15) is 4.39 Å².